The number of benzene rings is 1. The Bertz CT molecular complexity index is 454. The van der Waals surface area contributed by atoms with Crippen LogP contribution in [0, 0.1) is 10.5 Å². The maximum atomic E-state index is 12.1. The first kappa shape index (κ1) is 12.6. The molecule has 0 saturated carbocycles. The maximum absolute atomic E-state index is 12.1. The van der Waals surface area contributed by atoms with Crippen molar-refractivity contribution in [1.29, 1.82) is 0 Å². The second-order valence-corrected chi connectivity index (χ2v) is 5.47. The average molecular weight is 341 g/mol. The lowest BCUT2D eigenvalue weighted by atomic mass is 10.0. The highest BCUT2D eigenvalue weighted by atomic mass is 127. The molecule has 0 heterocycles. The smallest absolute Gasteiger partial charge is 0.252 e. The van der Waals surface area contributed by atoms with Crippen molar-refractivity contribution in [3.05, 3.63) is 45.0 Å². The second kappa shape index (κ2) is 5.67. The van der Waals surface area contributed by atoms with Crippen LogP contribution in [0.3, 0.4) is 0 Å². The van der Waals surface area contributed by atoms with Crippen LogP contribution in [0.5, 0.6) is 0 Å². The molecule has 0 aliphatic heterocycles. The zero-order valence-corrected chi connectivity index (χ0v) is 12.0. The fourth-order valence-electron chi connectivity index (χ4n) is 2.01. The third-order valence-corrected chi connectivity index (χ3v) is 4.47. The van der Waals surface area contributed by atoms with E-state index in [2.05, 4.69) is 40.1 Å². The first-order valence-corrected chi connectivity index (χ1v) is 6.97. The standard InChI is InChI=1S/C14H16INO/c1-10-6-5-9-12(13(10)15)14(17)16-11-7-3-2-4-8-11/h2-3,5-6,9,11H,4,7-8H2,1H3,(H,16,17)/t11-/m0/s1. The normalized spacial score (nSPS) is 19.1. The van der Waals surface area contributed by atoms with Gasteiger partial charge in [0.25, 0.3) is 5.91 Å². The largest absolute Gasteiger partial charge is 0.349 e. The monoisotopic (exact) mass is 341 g/mol. The number of rotatable bonds is 2. The summed E-state index contributed by atoms with van der Waals surface area (Å²) in [6.45, 7) is 2.03. The molecule has 1 aliphatic carbocycles. The minimum atomic E-state index is 0.0541. The fraction of sp³-hybridized carbons (Fsp3) is 0.357. The molecule has 1 N–H and O–H groups in total. The molecule has 2 rings (SSSR count). The van der Waals surface area contributed by atoms with Crippen LogP contribution in [-0.2, 0) is 0 Å². The van der Waals surface area contributed by atoms with E-state index < -0.39 is 0 Å². The van der Waals surface area contributed by atoms with Crippen molar-refractivity contribution >= 4 is 28.5 Å². The highest BCUT2D eigenvalue weighted by Crippen LogP contribution is 2.18. The van der Waals surface area contributed by atoms with Crippen molar-refractivity contribution in [2.24, 2.45) is 0 Å². The van der Waals surface area contributed by atoms with Crippen LogP contribution < -0.4 is 5.32 Å². The van der Waals surface area contributed by atoms with Crippen LogP contribution >= 0.6 is 22.6 Å². The van der Waals surface area contributed by atoms with E-state index in [1.807, 2.05) is 25.1 Å². The van der Waals surface area contributed by atoms with Crippen LogP contribution in [0.15, 0.2) is 30.4 Å². The van der Waals surface area contributed by atoms with Crippen LogP contribution in [0.25, 0.3) is 0 Å². The Kier molecular flexibility index (Phi) is 4.20. The van der Waals surface area contributed by atoms with Gasteiger partial charge in [-0.25, -0.2) is 0 Å². The van der Waals surface area contributed by atoms with Gasteiger partial charge in [-0.3, -0.25) is 4.79 Å². The second-order valence-electron chi connectivity index (χ2n) is 4.39. The number of hydrogen-bond acceptors (Lipinski definition) is 1. The van der Waals surface area contributed by atoms with Gasteiger partial charge in [0.2, 0.25) is 0 Å². The lowest BCUT2D eigenvalue weighted by molar-refractivity contribution is 0.0933. The Labute approximate surface area is 116 Å². The van der Waals surface area contributed by atoms with Gasteiger partial charge in [-0.1, -0.05) is 24.3 Å². The van der Waals surface area contributed by atoms with E-state index in [-0.39, 0.29) is 5.91 Å². The molecular formula is C14H16INO. The zero-order chi connectivity index (χ0) is 12.3. The Hall–Kier alpha value is -0.840. The zero-order valence-electron chi connectivity index (χ0n) is 9.87. The first-order valence-electron chi connectivity index (χ1n) is 5.89. The SMILES string of the molecule is Cc1cccc(C(=O)N[C@H]2CC=CCC2)c1I. The number of aryl methyl sites for hydroxylation is 1. The molecule has 1 aromatic rings. The molecule has 1 amide bonds. The molecular weight excluding hydrogens is 325 g/mol. The van der Waals surface area contributed by atoms with E-state index in [1.165, 1.54) is 0 Å². The number of allylic oxidation sites excluding steroid dienone is 1. The van der Waals surface area contributed by atoms with E-state index in [0.717, 1.165) is 34.0 Å². The summed E-state index contributed by atoms with van der Waals surface area (Å²) in [6.07, 6.45) is 7.39. The molecule has 0 spiro atoms. The Balaban J connectivity index is 2.09. The molecule has 1 atom stereocenters. The molecule has 0 saturated heterocycles. The summed E-state index contributed by atoms with van der Waals surface area (Å²) < 4.78 is 1.05. The van der Waals surface area contributed by atoms with Gasteiger partial charge < -0.3 is 5.32 Å². The van der Waals surface area contributed by atoms with Gasteiger partial charge in [0.15, 0.2) is 0 Å². The summed E-state index contributed by atoms with van der Waals surface area (Å²) >= 11 is 2.24. The van der Waals surface area contributed by atoms with Gasteiger partial charge in [-0.2, -0.15) is 0 Å². The molecule has 0 unspecified atom stereocenters. The average Bonchev–Trinajstić information content (AvgIpc) is 2.34. The summed E-state index contributed by atoms with van der Waals surface area (Å²) in [7, 11) is 0. The molecule has 90 valence electrons. The van der Waals surface area contributed by atoms with Gasteiger partial charge in [0, 0.05) is 9.61 Å². The predicted molar refractivity (Wildman–Crippen MR) is 78.1 cm³/mol. The van der Waals surface area contributed by atoms with Gasteiger partial charge in [-0.05, 0) is 60.4 Å². The van der Waals surface area contributed by atoms with Crippen molar-refractivity contribution in [3.63, 3.8) is 0 Å². The number of carbonyl (C=O) groups is 1. The minimum Gasteiger partial charge on any atom is -0.349 e. The van der Waals surface area contributed by atoms with E-state index in [4.69, 9.17) is 0 Å². The summed E-state index contributed by atoms with van der Waals surface area (Å²) in [5.41, 5.74) is 1.95. The number of hydrogen-bond donors (Lipinski definition) is 1. The van der Waals surface area contributed by atoms with Crippen molar-refractivity contribution in [2.75, 3.05) is 0 Å². The van der Waals surface area contributed by atoms with E-state index in [9.17, 15) is 4.79 Å². The third kappa shape index (κ3) is 3.09. The van der Waals surface area contributed by atoms with Crippen molar-refractivity contribution in [3.8, 4) is 0 Å². The van der Waals surface area contributed by atoms with Crippen molar-refractivity contribution in [2.45, 2.75) is 32.2 Å². The molecule has 0 bridgehead atoms. The van der Waals surface area contributed by atoms with Gasteiger partial charge in [-0.15, -0.1) is 0 Å². The molecule has 3 heteroatoms. The lowest BCUT2D eigenvalue weighted by Gasteiger charge is -2.20. The molecule has 1 aromatic carbocycles. The molecule has 0 radical (unpaired) electrons. The van der Waals surface area contributed by atoms with Gasteiger partial charge in [0.1, 0.15) is 0 Å². The van der Waals surface area contributed by atoms with Gasteiger partial charge in [0.05, 0.1) is 5.56 Å². The van der Waals surface area contributed by atoms with E-state index in [0.29, 0.717) is 6.04 Å². The third-order valence-electron chi connectivity index (χ3n) is 3.04. The van der Waals surface area contributed by atoms with Gasteiger partial charge >= 0.3 is 0 Å². The Morgan fingerprint density at radius 2 is 2.24 bits per heavy atom. The van der Waals surface area contributed by atoms with Crippen LogP contribution in [0.1, 0.15) is 35.2 Å². The predicted octanol–water partition coefficient (Wildman–Crippen LogP) is 3.44. The quantitative estimate of drug-likeness (QED) is 0.648. The Morgan fingerprint density at radius 1 is 1.41 bits per heavy atom. The molecule has 1 aliphatic rings. The summed E-state index contributed by atoms with van der Waals surface area (Å²) in [5.74, 6) is 0.0541. The maximum Gasteiger partial charge on any atom is 0.252 e. The number of halogens is 1. The van der Waals surface area contributed by atoms with Crippen LogP contribution in [-0.4, -0.2) is 11.9 Å². The van der Waals surface area contributed by atoms with E-state index in [1.54, 1.807) is 0 Å². The number of carbonyl (C=O) groups excluding carboxylic acids is 1. The summed E-state index contributed by atoms with van der Waals surface area (Å²) in [5, 5.41) is 3.11. The lowest BCUT2D eigenvalue weighted by Crippen LogP contribution is -2.35. The van der Waals surface area contributed by atoms with Crippen LogP contribution in [0.4, 0.5) is 0 Å². The number of nitrogens with one attached hydrogen (secondary N) is 1. The number of amides is 1. The summed E-state index contributed by atoms with van der Waals surface area (Å²) in [4.78, 5) is 12.1. The minimum absolute atomic E-state index is 0.0541. The molecule has 17 heavy (non-hydrogen) atoms. The van der Waals surface area contributed by atoms with Crippen LogP contribution in [0.2, 0.25) is 0 Å². The highest BCUT2D eigenvalue weighted by molar-refractivity contribution is 14.1. The van der Waals surface area contributed by atoms with E-state index >= 15 is 0 Å². The highest BCUT2D eigenvalue weighted by Gasteiger charge is 2.16. The first-order chi connectivity index (χ1) is 8.18. The Morgan fingerprint density at radius 3 is 2.94 bits per heavy atom. The topological polar surface area (TPSA) is 29.1 Å². The molecule has 0 aromatic heterocycles. The van der Waals surface area contributed by atoms with Crippen molar-refractivity contribution in [1.82, 2.24) is 5.32 Å². The molecule has 2 nitrogen and oxygen atoms in total. The summed E-state index contributed by atoms with van der Waals surface area (Å²) in [6, 6.07) is 6.15. The molecule has 0 fully saturated rings. The fourth-order valence-corrected chi connectivity index (χ4v) is 2.62. The van der Waals surface area contributed by atoms with Crippen molar-refractivity contribution < 1.29 is 4.79 Å².